The van der Waals surface area contributed by atoms with Gasteiger partial charge in [0.2, 0.25) is 11.5 Å². The fourth-order valence-electron chi connectivity index (χ4n) is 5.66. The summed E-state index contributed by atoms with van der Waals surface area (Å²) in [5, 5.41) is 31.7. The van der Waals surface area contributed by atoms with E-state index < -0.39 is 0 Å². The largest absolute Gasteiger partial charge is 0.457 e. The van der Waals surface area contributed by atoms with Crippen LogP contribution in [0.1, 0.15) is 68.0 Å². The average Bonchev–Trinajstić information content (AvgIpc) is 3.76. The Hall–Kier alpha value is -7.12. The maximum absolute atomic E-state index is 12.6. The Morgan fingerprint density at radius 1 is 0.691 bits per heavy atom. The monoisotopic (exact) mass is 752 g/mol. The van der Waals surface area contributed by atoms with Crippen molar-refractivity contribution in [1.82, 2.24) is 50.5 Å². The number of anilines is 6. The lowest BCUT2D eigenvalue weighted by molar-refractivity contribution is 0.0929. The molecule has 20 nitrogen and oxygen atoms in total. The minimum atomic E-state index is -0.356. The number of nitrogens with one attached hydrogen (secondary N) is 8. The molecule has 2 aliphatic rings. The highest BCUT2D eigenvalue weighted by Crippen LogP contribution is 2.30. The van der Waals surface area contributed by atoms with E-state index in [4.69, 9.17) is 8.83 Å². The van der Waals surface area contributed by atoms with Crippen LogP contribution in [0.25, 0.3) is 11.3 Å². The smallest absolute Gasteiger partial charge is 0.288 e. The zero-order valence-electron chi connectivity index (χ0n) is 30.6. The number of hydrogen-bond donors (Lipinski definition) is 8. The summed E-state index contributed by atoms with van der Waals surface area (Å²) in [5.74, 6) is 1.82. The molecular weight excluding hydrogens is 712 g/mol. The summed E-state index contributed by atoms with van der Waals surface area (Å²) in [6.07, 6.45) is 8.80. The molecule has 0 bridgehead atoms. The summed E-state index contributed by atoms with van der Waals surface area (Å²) >= 11 is 0. The third kappa shape index (κ3) is 7.54. The molecule has 0 aliphatic heterocycles. The standard InChI is InChI=1S/C18H21N7O3.C17H19N7O3/c1-9-6-12(9)23-17(26)10-8-21-25-14(19-2)7-13(24-16(10)25)22-11-4-5-28-15(11)18(27)20-3;1-18-13-7-12(22-11-5-6-27-14(11)17(26)19-2)23-15-10(8-20-24(13)15)16(25)21-9-3-4-9/h4-5,7-9,12,19H,6H2,1-3H3,(H,20,27)(H,22,24)(H,23,26);5-9,18H,3-4H2,1-2H3,(H,19,26)(H,21,25)(H,22,23)/t9-,12+;/m0./s1. The second kappa shape index (κ2) is 15.1. The Morgan fingerprint density at radius 2 is 1.15 bits per heavy atom. The van der Waals surface area contributed by atoms with Crippen LogP contribution in [0, 0.1) is 5.92 Å². The van der Waals surface area contributed by atoms with Gasteiger partial charge in [0.05, 0.1) is 36.3 Å². The molecule has 55 heavy (non-hydrogen) atoms. The minimum absolute atomic E-state index is 0.143. The van der Waals surface area contributed by atoms with Gasteiger partial charge in [0, 0.05) is 64.5 Å². The van der Waals surface area contributed by atoms with Gasteiger partial charge in [-0.1, -0.05) is 6.92 Å². The van der Waals surface area contributed by atoms with Gasteiger partial charge in [-0.15, -0.1) is 0 Å². The Morgan fingerprint density at radius 3 is 1.55 bits per heavy atom. The lowest BCUT2D eigenvalue weighted by atomic mass is 10.3. The highest BCUT2D eigenvalue weighted by Gasteiger charge is 2.35. The van der Waals surface area contributed by atoms with Crippen LogP contribution in [-0.2, 0) is 0 Å². The van der Waals surface area contributed by atoms with Crippen LogP contribution < -0.4 is 42.5 Å². The number of carbonyl (C=O) groups excluding carboxylic acids is 4. The summed E-state index contributed by atoms with van der Waals surface area (Å²) in [4.78, 5) is 57.9. The second-order valence-electron chi connectivity index (χ2n) is 12.9. The first-order chi connectivity index (χ1) is 26.6. The first-order valence-corrected chi connectivity index (χ1v) is 17.5. The van der Waals surface area contributed by atoms with Crippen molar-refractivity contribution >= 4 is 69.6 Å². The van der Waals surface area contributed by atoms with Crippen molar-refractivity contribution in [2.24, 2.45) is 5.92 Å². The van der Waals surface area contributed by atoms with Crippen molar-refractivity contribution in [3.05, 3.63) is 71.8 Å². The molecule has 20 heteroatoms. The van der Waals surface area contributed by atoms with Gasteiger partial charge < -0.3 is 51.4 Å². The van der Waals surface area contributed by atoms with Crippen molar-refractivity contribution in [2.45, 2.75) is 38.3 Å². The maximum Gasteiger partial charge on any atom is 0.288 e. The fourth-order valence-corrected chi connectivity index (χ4v) is 5.66. The van der Waals surface area contributed by atoms with E-state index in [0.29, 0.717) is 63.0 Å². The maximum atomic E-state index is 12.6. The lowest BCUT2D eigenvalue weighted by Gasteiger charge is -2.10. The SMILES string of the molecule is CNC(=O)c1occc1Nc1cc(NC)n2ncc(C(=O)NC3CC3)c2n1.CNC(=O)c1occc1Nc1cc(NC)n2ncc(C(=O)N[C@@H]3C[C@@H]3C)c2n1. The molecule has 8 N–H and O–H groups in total. The number of nitrogens with zero attached hydrogens (tertiary/aromatic N) is 6. The van der Waals surface area contributed by atoms with Gasteiger partial charge in [0.25, 0.3) is 23.6 Å². The quantitative estimate of drug-likeness (QED) is 0.0895. The highest BCUT2D eigenvalue weighted by atomic mass is 16.3. The molecule has 0 unspecified atom stereocenters. The minimum Gasteiger partial charge on any atom is -0.457 e. The van der Waals surface area contributed by atoms with Crippen LogP contribution in [0.3, 0.4) is 0 Å². The van der Waals surface area contributed by atoms with Gasteiger partial charge in [0.15, 0.2) is 11.3 Å². The molecule has 2 fully saturated rings. The predicted molar refractivity (Wildman–Crippen MR) is 201 cm³/mol. The van der Waals surface area contributed by atoms with Gasteiger partial charge in [-0.05, 0) is 25.2 Å². The van der Waals surface area contributed by atoms with Crippen molar-refractivity contribution in [3.8, 4) is 0 Å². The van der Waals surface area contributed by atoms with E-state index in [1.165, 1.54) is 39.0 Å². The molecule has 0 radical (unpaired) electrons. The molecule has 0 aromatic carbocycles. The molecule has 0 spiro atoms. The second-order valence-corrected chi connectivity index (χ2v) is 12.9. The summed E-state index contributed by atoms with van der Waals surface area (Å²) in [7, 11) is 6.54. The first-order valence-electron chi connectivity index (χ1n) is 17.5. The van der Waals surface area contributed by atoms with E-state index in [1.807, 2.05) is 0 Å². The van der Waals surface area contributed by atoms with Crippen LogP contribution in [-0.4, -0.2) is 93.1 Å². The molecule has 6 aromatic heterocycles. The van der Waals surface area contributed by atoms with E-state index in [9.17, 15) is 19.2 Å². The van der Waals surface area contributed by atoms with Crippen LogP contribution in [0.15, 0.2) is 58.0 Å². The first kappa shape index (κ1) is 36.2. The molecule has 8 rings (SSSR count). The van der Waals surface area contributed by atoms with Crippen molar-refractivity contribution in [2.75, 3.05) is 49.5 Å². The number of fused-ring (bicyclic) bond motifs is 2. The zero-order chi connectivity index (χ0) is 38.8. The van der Waals surface area contributed by atoms with E-state index in [2.05, 4.69) is 69.6 Å². The molecule has 2 aliphatic carbocycles. The zero-order valence-corrected chi connectivity index (χ0v) is 30.6. The normalized spacial score (nSPS) is 15.7. The third-order valence-electron chi connectivity index (χ3n) is 9.01. The number of amides is 4. The number of carbonyl (C=O) groups is 4. The number of aromatic nitrogens is 6. The Balaban J connectivity index is 0.000000169. The Labute approximate surface area is 313 Å². The van der Waals surface area contributed by atoms with E-state index >= 15 is 0 Å². The van der Waals surface area contributed by atoms with Crippen LogP contribution in [0.5, 0.6) is 0 Å². The third-order valence-corrected chi connectivity index (χ3v) is 9.01. The lowest BCUT2D eigenvalue weighted by Crippen LogP contribution is -2.26. The van der Waals surface area contributed by atoms with Gasteiger partial charge >= 0.3 is 0 Å². The van der Waals surface area contributed by atoms with Gasteiger partial charge in [-0.25, -0.2) is 9.97 Å². The van der Waals surface area contributed by atoms with E-state index in [1.54, 1.807) is 47.4 Å². The molecule has 2 atom stereocenters. The van der Waals surface area contributed by atoms with Crippen molar-refractivity contribution in [1.29, 1.82) is 0 Å². The number of hydrogen-bond acceptors (Lipinski definition) is 14. The van der Waals surface area contributed by atoms with Crippen LogP contribution in [0.4, 0.5) is 34.6 Å². The van der Waals surface area contributed by atoms with Crippen LogP contribution in [0.2, 0.25) is 0 Å². The average molecular weight is 753 g/mol. The summed E-state index contributed by atoms with van der Waals surface area (Å²) in [6.45, 7) is 2.09. The molecule has 6 heterocycles. The Kier molecular flexibility index (Phi) is 9.94. The molecular formula is C35H40N14O6. The summed E-state index contributed by atoms with van der Waals surface area (Å²) in [6, 6.07) is 7.15. The summed E-state index contributed by atoms with van der Waals surface area (Å²) in [5.41, 5.74) is 2.53. The molecule has 286 valence electrons. The fraction of sp³-hybridized carbons (Fsp3) is 0.314. The predicted octanol–water partition coefficient (Wildman–Crippen LogP) is 2.96. The summed E-state index contributed by atoms with van der Waals surface area (Å²) < 4.78 is 13.6. The van der Waals surface area contributed by atoms with Crippen LogP contribution >= 0.6 is 0 Å². The van der Waals surface area contributed by atoms with E-state index in [-0.39, 0.29) is 47.2 Å². The molecule has 0 saturated heterocycles. The number of furan rings is 2. The molecule has 2 saturated carbocycles. The van der Waals surface area contributed by atoms with E-state index in [0.717, 1.165) is 19.3 Å². The Bertz CT molecular complexity index is 2410. The number of rotatable bonds is 12. The van der Waals surface area contributed by atoms with Crippen molar-refractivity contribution < 1.29 is 28.0 Å². The van der Waals surface area contributed by atoms with Gasteiger partial charge in [0.1, 0.15) is 34.4 Å². The molecule has 4 amide bonds. The highest BCUT2D eigenvalue weighted by molar-refractivity contribution is 6.02. The molecule has 6 aromatic rings. The topological polar surface area (TPSA) is 251 Å². The van der Waals surface area contributed by atoms with Crippen molar-refractivity contribution in [3.63, 3.8) is 0 Å². The van der Waals surface area contributed by atoms with Gasteiger partial charge in [-0.2, -0.15) is 19.2 Å². The van der Waals surface area contributed by atoms with Gasteiger partial charge in [-0.3, -0.25) is 19.2 Å².